The minimum absolute atomic E-state index is 0.606. The van der Waals surface area contributed by atoms with E-state index < -0.39 is 0 Å². The van der Waals surface area contributed by atoms with Crippen molar-refractivity contribution in [3.63, 3.8) is 0 Å². The Morgan fingerprint density at radius 2 is 0.857 bits per heavy atom. The number of fused-ring (bicyclic) bond motifs is 3. The van der Waals surface area contributed by atoms with Gasteiger partial charge in [-0.05, 0) is 47.5 Å². The minimum Gasteiger partial charge on any atom is -0.294 e. The molecule has 0 radical (unpaired) electrons. The van der Waals surface area contributed by atoms with E-state index in [2.05, 4.69) is 126 Å². The third-order valence-corrected chi connectivity index (χ3v) is 8.85. The predicted molar refractivity (Wildman–Crippen MR) is 199 cm³/mol. The van der Waals surface area contributed by atoms with Crippen LogP contribution >= 0.6 is 0 Å². The summed E-state index contributed by atoms with van der Waals surface area (Å²) >= 11 is 0. The molecule has 5 heteroatoms. The van der Waals surface area contributed by atoms with Gasteiger partial charge in [-0.1, -0.05) is 140 Å². The lowest BCUT2D eigenvalue weighted by Gasteiger charge is -2.12. The quantitative estimate of drug-likeness (QED) is 0.184. The standard InChI is InChI=1S/C44H29N5/c1-4-14-30(15-5-1)33-20-12-21-34(28-33)42-46-41(32-18-8-3-9-19-32)47-43(48-42)35-22-13-23-36(29-35)49-40-25-11-10-24-37(40)38-26-27-39(45-44(38)49)31-16-6-2-7-17-31/h1-29H. The molecule has 0 N–H and O–H groups in total. The van der Waals surface area contributed by atoms with Crippen molar-refractivity contribution in [2.75, 3.05) is 0 Å². The van der Waals surface area contributed by atoms with Gasteiger partial charge in [0.25, 0.3) is 0 Å². The van der Waals surface area contributed by atoms with Crippen LogP contribution in [0.1, 0.15) is 0 Å². The van der Waals surface area contributed by atoms with Crippen LogP contribution in [-0.2, 0) is 0 Å². The fraction of sp³-hybridized carbons (Fsp3) is 0. The van der Waals surface area contributed by atoms with E-state index in [-0.39, 0.29) is 0 Å². The Morgan fingerprint density at radius 1 is 0.327 bits per heavy atom. The van der Waals surface area contributed by atoms with E-state index in [1.54, 1.807) is 0 Å². The summed E-state index contributed by atoms with van der Waals surface area (Å²) in [6.45, 7) is 0. The molecule has 0 aliphatic rings. The van der Waals surface area contributed by atoms with Crippen molar-refractivity contribution in [2.24, 2.45) is 0 Å². The average molecular weight is 628 g/mol. The summed E-state index contributed by atoms with van der Waals surface area (Å²) in [5, 5.41) is 2.26. The van der Waals surface area contributed by atoms with Gasteiger partial charge < -0.3 is 0 Å². The molecule has 6 aromatic carbocycles. The number of aromatic nitrogens is 5. The topological polar surface area (TPSA) is 56.5 Å². The Bertz CT molecular complexity index is 2590. The molecular weight excluding hydrogens is 599 g/mol. The summed E-state index contributed by atoms with van der Waals surface area (Å²) in [7, 11) is 0. The molecule has 0 fully saturated rings. The molecule has 9 rings (SSSR count). The molecule has 0 amide bonds. The molecular formula is C44H29N5. The number of para-hydroxylation sites is 1. The van der Waals surface area contributed by atoms with Crippen LogP contribution in [0, 0.1) is 0 Å². The SMILES string of the molecule is c1ccc(-c2cccc(-c3nc(-c4ccccc4)nc(-c4cccc(-n5c6ccccc6c6ccc(-c7ccccc7)nc65)c4)n3)c2)cc1. The zero-order valence-electron chi connectivity index (χ0n) is 26.5. The summed E-state index contributed by atoms with van der Waals surface area (Å²) in [5.74, 6) is 1.86. The highest BCUT2D eigenvalue weighted by atomic mass is 15.1. The van der Waals surface area contributed by atoms with Crippen LogP contribution in [0.5, 0.6) is 0 Å². The smallest absolute Gasteiger partial charge is 0.164 e. The fourth-order valence-electron chi connectivity index (χ4n) is 6.47. The largest absolute Gasteiger partial charge is 0.294 e. The lowest BCUT2D eigenvalue weighted by Crippen LogP contribution is -2.01. The van der Waals surface area contributed by atoms with Crippen LogP contribution < -0.4 is 0 Å². The van der Waals surface area contributed by atoms with Gasteiger partial charge in [0.1, 0.15) is 5.65 Å². The molecule has 3 aromatic heterocycles. The van der Waals surface area contributed by atoms with E-state index in [1.165, 1.54) is 0 Å². The van der Waals surface area contributed by atoms with E-state index in [0.717, 1.165) is 66.7 Å². The Labute approximate surface area is 283 Å². The van der Waals surface area contributed by atoms with E-state index in [0.29, 0.717) is 17.5 Å². The second kappa shape index (κ2) is 12.1. The zero-order valence-corrected chi connectivity index (χ0v) is 26.5. The Balaban J connectivity index is 1.22. The highest BCUT2D eigenvalue weighted by Crippen LogP contribution is 2.34. The average Bonchev–Trinajstić information content (AvgIpc) is 3.52. The lowest BCUT2D eigenvalue weighted by atomic mass is 10.0. The first-order chi connectivity index (χ1) is 24.3. The monoisotopic (exact) mass is 627 g/mol. The van der Waals surface area contributed by atoms with E-state index >= 15 is 0 Å². The van der Waals surface area contributed by atoms with Crippen molar-refractivity contribution in [2.45, 2.75) is 0 Å². The van der Waals surface area contributed by atoms with Crippen molar-refractivity contribution < 1.29 is 0 Å². The van der Waals surface area contributed by atoms with E-state index in [4.69, 9.17) is 19.9 Å². The van der Waals surface area contributed by atoms with Crippen LogP contribution in [0.3, 0.4) is 0 Å². The van der Waals surface area contributed by atoms with Gasteiger partial charge in [-0.25, -0.2) is 19.9 Å². The molecule has 3 heterocycles. The number of rotatable bonds is 6. The molecule has 0 aliphatic carbocycles. The third kappa shape index (κ3) is 5.33. The van der Waals surface area contributed by atoms with Crippen LogP contribution in [0.4, 0.5) is 0 Å². The number of hydrogen-bond donors (Lipinski definition) is 0. The molecule has 0 atom stereocenters. The molecule has 0 unspecified atom stereocenters. The van der Waals surface area contributed by atoms with Gasteiger partial charge in [0, 0.05) is 38.7 Å². The Hall–Kier alpha value is -6.72. The van der Waals surface area contributed by atoms with Gasteiger partial charge in [0.15, 0.2) is 17.5 Å². The zero-order chi connectivity index (χ0) is 32.6. The van der Waals surface area contributed by atoms with Crippen molar-refractivity contribution in [1.82, 2.24) is 24.5 Å². The molecule has 9 aromatic rings. The third-order valence-electron chi connectivity index (χ3n) is 8.85. The second-order valence-electron chi connectivity index (χ2n) is 12.0. The molecule has 5 nitrogen and oxygen atoms in total. The molecule has 0 aliphatic heterocycles. The Morgan fingerprint density at radius 3 is 1.57 bits per heavy atom. The number of benzene rings is 6. The van der Waals surface area contributed by atoms with Crippen molar-refractivity contribution in [1.29, 1.82) is 0 Å². The van der Waals surface area contributed by atoms with Gasteiger partial charge in [0.05, 0.1) is 11.2 Å². The fourth-order valence-corrected chi connectivity index (χ4v) is 6.47. The maximum absolute atomic E-state index is 5.22. The number of hydrogen-bond acceptors (Lipinski definition) is 4. The van der Waals surface area contributed by atoms with Crippen molar-refractivity contribution in [3.05, 3.63) is 176 Å². The van der Waals surface area contributed by atoms with Gasteiger partial charge >= 0.3 is 0 Å². The van der Waals surface area contributed by atoms with Gasteiger partial charge in [-0.3, -0.25) is 4.57 Å². The first-order valence-corrected chi connectivity index (χ1v) is 16.3. The van der Waals surface area contributed by atoms with Crippen LogP contribution in [0.25, 0.3) is 84.2 Å². The molecule has 0 spiro atoms. The maximum Gasteiger partial charge on any atom is 0.164 e. The van der Waals surface area contributed by atoms with Crippen molar-refractivity contribution >= 4 is 21.9 Å². The lowest BCUT2D eigenvalue weighted by molar-refractivity contribution is 1.07. The van der Waals surface area contributed by atoms with E-state index in [1.807, 2.05) is 54.6 Å². The molecule has 49 heavy (non-hydrogen) atoms. The Kier molecular flexibility index (Phi) is 7.06. The molecule has 230 valence electrons. The molecule has 0 saturated carbocycles. The summed E-state index contributed by atoms with van der Waals surface area (Å²) in [5.41, 5.74) is 9.99. The van der Waals surface area contributed by atoms with Crippen LogP contribution in [0.15, 0.2) is 176 Å². The normalized spacial score (nSPS) is 11.3. The summed E-state index contributed by atoms with van der Waals surface area (Å²) in [4.78, 5) is 20.3. The maximum atomic E-state index is 5.22. The van der Waals surface area contributed by atoms with Gasteiger partial charge in [-0.2, -0.15) is 0 Å². The summed E-state index contributed by atoms with van der Waals surface area (Å²) in [6, 6.07) is 60.3. The second-order valence-corrected chi connectivity index (χ2v) is 12.0. The summed E-state index contributed by atoms with van der Waals surface area (Å²) in [6.07, 6.45) is 0. The van der Waals surface area contributed by atoms with E-state index in [9.17, 15) is 0 Å². The van der Waals surface area contributed by atoms with Crippen molar-refractivity contribution in [3.8, 4) is 62.2 Å². The molecule has 0 bridgehead atoms. The van der Waals surface area contributed by atoms with Crippen LogP contribution in [0.2, 0.25) is 0 Å². The summed E-state index contributed by atoms with van der Waals surface area (Å²) < 4.78 is 2.24. The first kappa shape index (κ1) is 28.5. The van der Waals surface area contributed by atoms with Crippen LogP contribution in [-0.4, -0.2) is 24.5 Å². The minimum atomic E-state index is 0.606. The number of pyridine rings is 1. The molecule has 0 saturated heterocycles. The number of nitrogens with zero attached hydrogens (tertiary/aromatic N) is 5. The van der Waals surface area contributed by atoms with Gasteiger partial charge in [0.2, 0.25) is 0 Å². The highest BCUT2D eigenvalue weighted by Gasteiger charge is 2.17. The highest BCUT2D eigenvalue weighted by molar-refractivity contribution is 6.08. The predicted octanol–water partition coefficient (Wildman–Crippen LogP) is 10.7. The van der Waals surface area contributed by atoms with Gasteiger partial charge in [-0.15, -0.1) is 0 Å². The first-order valence-electron chi connectivity index (χ1n) is 16.3.